The first-order valence-electron chi connectivity index (χ1n) is 14.5. The molecule has 2 aromatic rings. The molecule has 4 amide bonds. The van der Waals surface area contributed by atoms with E-state index in [-0.39, 0.29) is 36.6 Å². The number of carbonyl (C=O) groups is 5. The van der Waals surface area contributed by atoms with E-state index in [1.165, 1.54) is 47.2 Å². The Bertz CT molecular complexity index is 1390. The van der Waals surface area contributed by atoms with Crippen molar-refractivity contribution in [3.05, 3.63) is 42.0 Å². The zero-order chi connectivity index (χ0) is 31.3. The number of likely N-dealkylation sites (tertiary alicyclic amines) is 1. The third kappa shape index (κ3) is 7.55. The molecule has 43 heavy (non-hydrogen) atoms. The summed E-state index contributed by atoms with van der Waals surface area (Å²) in [6.07, 6.45) is 9.58. The van der Waals surface area contributed by atoms with E-state index in [1.807, 2.05) is 0 Å². The number of nitrogens with one attached hydrogen (secondary N) is 1. The fourth-order valence-corrected chi connectivity index (χ4v) is 5.70. The second kappa shape index (κ2) is 13.3. The average molecular weight is 595 g/mol. The maximum absolute atomic E-state index is 14.2. The number of aliphatic imine (C=N–C) groups is 1. The molecule has 3 atom stereocenters. The van der Waals surface area contributed by atoms with Gasteiger partial charge >= 0.3 is 0 Å². The predicted molar refractivity (Wildman–Crippen MR) is 153 cm³/mol. The van der Waals surface area contributed by atoms with Crippen molar-refractivity contribution in [3.63, 3.8) is 0 Å². The lowest BCUT2D eigenvalue weighted by Crippen LogP contribution is -2.52. The summed E-state index contributed by atoms with van der Waals surface area (Å²) in [4.78, 5) is 74.0. The lowest BCUT2D eigenvalue weighted by molar-refractivity contribution is -0.139. The molecule has 3 heterocycles. The molecule has 0 bridgehead atoms. The molecule has 2 aromatic heterocycles. The summed E-state index contributed by atoms with van der Waals surface area (Å²) in [6, 6.07) is 0.125. The molecule has 0 aromatic carbocycles. The van der Waals surface area contributed by atoms with Crippen LogP contribution in [-0.2, 0) is 24.8 Å². The van der Waals surface area contributed by atoms with E-state index in [9.17, 15) is 29.1 Å². The number of Topliss-reactive ketones (excluding diaryl/α,β-unsaturated/α-hetero) is 1. The van der Waals surface area contributed by atoms with Crippen LogP contribution >= 0.6 is 0 Å². The lowest BCUT2D eigenvalue weighted by atomic mass is 9.85. The number of primary amides is 1. The van der Waals surface area contributed by atoms with Gasteiger partial charge in [-0.05, 0) is 45.2 Å². The summed E-state index contributed by atoms with van der Waals surface area (Å²) in [6.45, 7) is 4.47. The molecule has 1 saturated carbocycles. The summed E-state index contributed by atoms with van der Waals surface area (Å²) >= 11 is 0. The Kier molecular flexibility index (Phi) is 9.79. The lowest BCUT2D eigenvalue weighted by Gasteiger charge is -2.27. The van der Waals surface area contributed by atoms with Crippen LogP contribution in [0.25, 0.3) is 0 Å². The van der Waals surface area contributed by atoms with Crippen molar-refractivity contribution in [2.45, 2.75) is 89.4 Å². The van der Waals surface area contributed by atoms with E-state index in [2.05, 4.69) is 25.6 Å². The van der Waals surface area contributed by atoms with Crippen molar-refractivity contribution in [1.29, 1.82) is 0 Å². The van der Waals surface area contributed by atoms with Gasteiger partial charge in [-0.1, -0.05) is 37.3 Å². The highest BCUT2D eigenvalue weighted by molar-refractivity contribution is 6.41. The fraction of sp³-hybridized carbons (Fsp3) is 0.552. The van der Waals surface area contributed by atoms with Gasteiger partial charge in [0.15, 0.2) is 0 Å². The minimum Gasteiger partial charge on any atom is -0.384 e. The van der Waals surface area contributed by atoms with Gasteiger partial charge in [-0.2, -0.15) is 0 Å². The molecule has 0 spiro atoms. The Balaban J connectivity index is 1.69. The molecular weight excluding hydrogens is 556 g/mol. The standard InChI is InChI=1S/C29H38N8O6/c1-17(24(38)25(30)39)33-27(41)22-14-20(37-23(15-32-35-37)29(2,3)43)16-36(22)28(42)21(13-18-7-5-4-6-8-18)34-26(40)19-9-11-31-12-10-19/h9-12,15,17-18,20,22,43H,4-8,13-14,16H2,1-3H3,(H2,30,39)(H,33,41)/b34-21+/t17?,20-,22-/m0/s1. The monoisotopic (exact) mass is 594 g/mol. The maximum Gasteiger partial charge on any atom is 0.287 e. The van der Waals surface area contributed by atoms with Crippen molar-refractivity contribution in [3.8, 4) is 0 Å². The first-order chi connectivity index (χ1) is 20.4. The van der Waals surface area contributed by atoms with Gasteiger partial charge < -0.3 is 21.1 Å². The highest BCUT2D eigenvalue weighted by Gasteiger charge is 2.44. The number of aromatic nitrogens is 4. The van der Waals surface area contributed by atoms with Gasteiger partial charge in [-0.3, -0.25) is 29.0 Å². The number of ketones is 1. The minimum atomic E-state index is -1.31. The summed E-state index contributed by atoms with van der Waals surface area (Å²) in [7, 11) is 0. The molecular formula is C29H38N8O6. The van der Waals surface area contributed by atoms with Crippen molar-refractivity contribution >= 4 is 35.1 Å². The first-order valence-corrected chi connectivity index (χ1v) is 14.5. The molecule has 4 rings (SSSR count). The van der Waals surface area contributed by atoms with Gasteiger partial charge in [-0.25, -0.2) is 9.67 Å². The van der Waals surface area contributed by atoms with Crippen LogP contribution in [0.1, 0.15) is 87.8 Å². The minimum absolute atomic E-state index is 0.00532. The highest BCUT2D eigenvalue weighted by Crippen LogP contribution is 2.33. The summed E-state index contributed by atoms with van der Waals surface area (Å²) < 4.78 is 1.48. The van der Waals surface area contributed by atoms with Crippen molar-refractivity contribution in [2.75, 3.05) is 6.54 Å². The topological polar surface area (TPSA) is 203 Å². The number of hydrogen-bond acceptors (Lipinski definition) is 9. The van der Waals surface area contributed by atoms with Gasteiger partial charge in [0, 0.05) is 30.9 Å². The summed E-state index contributed by atoms with van der Waals surface area (Å²) in [5.41, 5.74) is 4.49. The Morgan fingerprint density at radius 2 is 1.81 bits per heavy atom. The number of amides is 4. The molecule has 14 nitrogen and oxygen atoms in total. The van der Waals surface area contributed by atoms with Crippen LogP contribution in [0.2, 0.25) is 0 Å². The smallest absolute Gasteiger partial charge is 0.287 e. The molecule has 1 saturated heterocycles. The molecule has 14 heteroatoms. The fourth-order valence-electron chi connectivity index (χ4n) is 5.70. The average Bonchev–Trinajstić information content (AvgIpc) is 3.65. The normalized spacial score (nSPS) is 20.5. The highest BCUT2D eigenvalue weighted by atomic mass is 16.3. The van der Waals surface area contributed by atoms with Gasteiger partial charge in [0.1, 0.15) is 17.4 Å². The SMILES string of the molecule is CC(NC(=O)[C@@H]1C[C@H](n2nncc2C(C)(C)O)CN1C(=O)/C(CC1CCCCC1)=N/C(=O)c1ccncc1)C(=O)C(N)=O. The molecule has 2 fully saturated rings. The van der Waals surface area contributed by atoms with Crippen molar-refractivity contribution in [2.24, 2.45) is 16.6 Å². The van der Waals surface area contributed by atoms with E-state index < -0.39 is 53.1 Å². The van der Waals surface area contributed by atoms with Crippen LogP contribution in [-0.4, -0.2) is 83.7 Å². The van der Waals surface area contributed by atoms with Crippen LogP contribution < -0.4 is 11.1 Å². The Hall–Kier alpha value is -4.33. The Labute approximate surface area is 249 Å². The van der Waals surface area contributed by atoms with Crippen molar-refractivity contribution in [1.82, 2.24) is 30.2 Å². The number of nitrogens with zero attached hydrogens (tertiary/aromatic N) is 6. The van der Waals surface area contributed by atoms with Gasteiger partial charge in [0.05, 0.1) is 24.0 Å². The number of nitrogens with two attached hydrogens (primary N) is 1. The summed E-state index contributed by atoms with van der Waals surface area (Å²) in [5.74, 6) is -3.89. The zero-order valence-electron chi connectivity index (χ0n) is 24.6. The second-order valence-corrected chi connectivity index (χ2v) is 11.8. The van der Waals surface area contributed by atoms with E-state index in [0.717, 1.165) is 32.1 Å². The van der Waals surface area contributed by atoms with Crippen LogP contribution in [0.4, 0.5) is 0 Å². The molecule has 1 unspecified atom stereocenters. The molecule has 4 N–H and O–H groups in total. The Morgan fingerprint density at radius 3 is 2.44 bits per heavy atom. The predicted octanol–water partition coefficient (Wildman–Crippen LogP) is 0.853. The van der Waals surface area contributed by atoms with Gasteiger partial charge in [-0.15, -0.1) is 5.10 Å². The van der Waals surface area contributed by atoms with Crippen molar-refractivity contribution < 1.29 is 29.1 Å². The van der Waals surface area contributed by atoms with E-state index >= 15 is 0 Å². The second-order valence-electron chi connectivity index (χ2n) is 11.8. The molecule has 1 aliphatic carbocycles. The largest absolute Gasteiger partial charge is 0.384 e. The first kappa shape index (κ1) is 31.6. The third-order valence-electron chi connectivity index (χ3n) is 8.00. The van der Waals surface area contributed by atoms with Crippen LogP contribution in [0.5, 0.6) is 0 Å². The van der Waals surface area contributed by atoms with E-state index in [1.54, 1.807) is 13.8 Å². The molecule has 2 aliphatic rings. The number of pyridine rings is 1. The number of carbonyl (C=O) groups excluding carboxylic acids is 5. The van der Waals surface area contributed by atoms with Gasteiger partial charge in [0.25, 0.3) is 17.7 Å². The molecule has 1 aliphatic heterocycles. The third-order valence-corrected chi connectivity index (χ3v) is 8.00. The molecule has 230 valence electrons. The van der Waals surface area contributed by atoms with Crippen LogP contribution in [0, 0.1) is 5.92 Å². The number of aliphatic hydroxyl groups is 1. The number of hydrogen-bond donors (Lipinski definition) is 3. The van der Waals surface area contributed by atoms with Crippen LogP contribution in [0.3, 0.4) is 0 Å². The Morgan fingerprint density at radius 1 is 1.14 bits per heavy atom. The van der Waals surface area contributed by atoms with E-state index in [4.69, 9.17) is 5.73 Å². The van der Waals surface area contributed by atoms with Gasteiger partial charge in [0.2, 0.25) is 11.7 Å². The molecule has 0 radical (unpaired) electrons. The van der Waals surface area contributed by atoms with Crippen LogP contribution in [0.15, 0.2) is 35.7 Å². The quantitative estimate of drug-likeness (QED) is 0.263. The number of rotatable bonds is 10. The van der Waals surface area contributed by atoms with E-state index in [0.29, 0.717) is 5.69 Å². The maximum atomic E-state index is 14.2. The summed E-state index contributed by atoms with van der Waals surface area (Å²) in [5, 5.41) is 21.2. The zero-order valence-corrected chi connectivity index (χ0v) is 24.6.